The molecule has 0 aliphatic carbocycles. The minimum atomic E-state index is 0.0753. The molecule has 1 heterocycles. The monoisotopic (exact) mass is 339 g/mol. The number of nitrogens with zero attached hydrogens (tertiary/aromatic N) is 2. The Morgan fingerprint density at radius 3 is 2.90 bits per heavy atom. The topological polar surface area (TPSA) is 49.6 Å². The van der Waals surface area contributed by atoms with Crippen LogP contribution in [0.5, 0.6) is 0 Å². The van der Waals surface area contributed by atoms with Crippen LogP contribution in [0.15, 0.2) is 22.7 Å². The third kappa shape index (κ3) is 3.33. The van der Waals surface area contributed by atoms with Crippen molar-refractivity contribution in [2.45, 2.75) is 25.8 Å². The molecule has 5 heteroatoms. The molecule has 1 aliphatic heterocycles. The average Bonchev–Trinajstić information content (AvgIpc) is 2.62. The third-order valence-electron chi connectivity index (χ3n) is 3.85. The van der Waals surface area contributed by atoms with Crippen LogP contribution in [-0.4, -0.2) is 48.4 Å². The molecule has 0 bridgehead atoms. The predicted octanol–water partition coefficient (Wildman–Crippen LogP) is 2.59. The van der Waals surface area contributed by atoms with Crippen molar-refractivity contribution in [1.29, 1.82) is 0 Å². The highest BCUT2D eigenvalue weighted by Gasteiger charge is 2.27. The zero-order valence-electron chi connectivity index (χ0n) is 12.1. The van der Waals surface area contributed by atoms with Gasteiger partial charge in [-0.25, -0.2) is 0 Å². The van der Waals surface area contributed by atoms with Crippen LogP contribution >= 0.6 is 15.9 Å². The molecule has 4 nitrogen and oxygen atoms in total. The fourth-order valence-electron chi connectivity index (χ4n) is 2.72. The summed E-state index contributed by atoms with van der Waals surface area (Å²) in [6, 6.07) is 5.67. The molecule has 20 heavy (non-hydrogen) atoms. The molecule has 1 aliphatic rings. The van der Waals surface area contributed by atoms with Crippen LogP contribution in [-0.2, 0) is 0 Å². The molecule has 1 fully saturated rings. The Bertz CT molecular complexity index is 492. The van der Waals surface area contributed by atoms with E-state index in [4.69, 9.17) is 5.73 Å². The number of nitrogens with two attached hydrogens (primary N) is 1. The van der Waals surface area contributed by atoms with Gasteiger partial charge in [0.25, 0.3) is 5.91 Å². The lowest BCUT2D eigenvalue weighted by molar-refractivity contribution is 0.0675. The maximum atomic E-state index is 12.8. The van der Waals surface area contributed by atoms with E-state index in [-0.39, 0.29) is 11.9 Å². The number of likely N-dealkylation sites (N-methyl/N-ethyl adjacent to an activating group) is 1. The summed E-state index contributed by atoms with van der Waals surface area (Å²) in [7, 11) is 2.12. The van der Waals surface area contributed by atoms with E-state index < -0.39 is 0 Å². The van der Waals surface area contributed by atoms with Crippen molar-refractivity contribution in [3.8, 4) is 0 Å². The molecular weight excluding hydrogens is 318 g/mol. The van der Waals surface area contributed by atoms with Crippen LogP contribution in [0.2, 0.25) is 0 Å². The first-order chi connectivity index (χ1) is 9.52. The van der Waals surface area contributed by atoms with E-state index in [0.717, 1.165) is 36.9 Å². The Morgan fingerprint density at radius 2 is 2.20 bits per heavy atom. The zero-order valence-corrected chi connectivity index (χ0v) is 13.7. The summed E-state index contributed by atoms with van der Waals surface area (Å²) in [5.74, 6) is 0.0753. The van der Waals surface area contributed by atoms with Gasteiger partial charge in [0.1, 0.15) is 0 Å². The van der Waals surface area contributed by atoms with Gasteiger partial charge in [-0.3, -0.25) is 4.79 Å². The summed E-state index contributed by atoms with van der Waals surface area (Å²) in [5, 5.41) is 0. The second-order valence-electron chi connectivity index (χ2n) is 5.42. The molecule has 1 amide bonds. The number of halogens is 1. The standard InChI is InChI=1S/C15H22BrN3O/c1-3-12-10-18(2)7-4-8-19(12)15(20)13-9-11(17)5-6-14(13)16/h5-6,9,12H,3-4,7-8,10,17H2,1-2H3. The Labute approximate surface area is 129 Å². The minimum Gasteiger partial charge on any atom is -0.399 e. The van der Waals surface area contributed by atoms with Gasteiger partial charge >= 0.3 is 0 Å². The molecule has 1 atom stereocenters. The second kappa shape index (κ2) is 6.59. The van der Waals surface area contributed by atoms with Crippen molar-refractivity contribution in [2.75, 3.05) is 32.4 Å². The summed E-state index contributed by atoms with van der Waals surface area (Å²) < 4.78 is 0.809. The van der Waals surface area contributed by atoms with E-state index in [1.165, 1.54) is 0 Å². The Balaban J connectivity index is 2.27. The first-order valence-electron chi connectivity index (χ1n) is 7.07. The van der Waals surface area contributed by atoms with Gasteiger partial charge in [0.2, 0.25) is 0 Å². The molecule has 110 valence electrons. The van der Waals surface area contributed by atoms with Gasteiger partial charge in [-0.15, -0.1) is 0 Å². The fraction of sp³-hybridized carbons (Fsp3) is 0.533. The molecule has 0 radical (unpaired) electrons. The highest BCUT2D eigenvalue weighted by Crippen LogP contribution is 2.23. The van der Waals surface area contributed by atoms with Crippen molar-refractivity contribution in [1.82, 2.24) is 9.80 Å². The number of amides is 1. The van der Waals surface area contributed by atoms with Gasteiger partial charge in [-0.1, -0.05) is 6.92 Å². The van der Waals surface area contributed by atoms with Crippen molar-refractivity contribution < 1.29 is 4.79 Å². The van der Waals surface area contributed by atoms with Crippen molar-refractivity contribution in [2.24, 2.45) is 0 Å². The molecule has 2 N–H and O–H groups in total. The summed E-state index contributed by atoms with van der Waals surface area (Å²) in [6.07, 6.45) is 1.98. The summed E-state index contributed by atoms with van der Waals surface area (Å²) in [4.78, 5) is 17.1. The van der Waals surface area contributed by atoms with Gasteiger partial charge in [-0.05, 0) is 60.6 Å². The number of carbonyl (C=O) groups excluding carboxylic acids is 1. The molecule has 1 saturated heterocycles. The van der Waals surface area contributed by atoms with E-state index in [1.807, 2.05) is 11.0 Å². The second-order valence-corrected chi connectivity index (χ2v) is 6.27. The molecule has 2 rings (SSSR count). The van der Waals surface area contributed by atoms with Crippen LogP contribution in [0.3, 0.4) is 0 Å². The van der Waals surface area contributed by atoms with Crippen molar-refractivity contribution in [3.63, 3.8) is 0 Å². The van der Waals surface area contributed by atoms with Crippen LogP contribution in [0, 0.1) is 0 Å². The smallest absolute Gasteiger partial charge is 0.255 e. The molecule has 1 unspecified atom stereocenters. The summed E-state index contributed by atoms with van der Waals surface area (Å²) in [6.45, 7) is 4.92. The van der Waals surface area contributed by atoms with Gasteiger partial charge in [0.15, 0.2) is 0 Å². The van der Waals surface area contributed by atoms with Crippen LogP contribution < -0.4 is 5.73 Å². The van der Waals surface area contributed by atoms with Crippen LogP contribution in [0.25, 0.3) is 0 Å². The average molecular weight is 340 g/mol. The first kappa shape index (κ1) is 15.3. The Morgan fingerprint density at radius 1 is 1.45 bits per heavy atom. The number of carbonyl (C=O) groups is 1. The number of hydrogen-bond donors (Lipinski definition) is 1. The number of nitrogen functional groups attached to an aromatic ring is 1. The SMILES string of the molecule is CCC1CN(C)CCCN1C(=O)c1cc(N)ccc1Br. The van der Waals surface area contributed by atoms with Crippen LogP contribution in [0.1, 0.15) is 30.1 Å². The maximum absolute atomic E-state index is 12.8. The number of anilines is 1. The highest BCUT2D eigenvalue weighted by molar-refractivity contribution is 9.10. The molecule has 1 aromatic carbocycles. The predicted molar refractivity (Wildman–Crippen MR) is 85.8 cm³/mol. The maximum Gasteiger partial charge on any atom is 0.255 e. The number of rotatable bonds is 2. The largest absolute Gasteiger partial charge is 0.399 e. The van der Waals surface area contributed by atoms with Gasteiger partial charge in [-0.2, -0.15) is 0 Å². The number of hydrogen-bond acceptors (Lipinski definition) is 3. The van der Waals surface area contributed by atoms with E-state index in [0.29, 0.717) is 11.3 Å². The zero-order chi connectivity index (χ0) is 14.7. The molecule has 0 spiro atoms. The summed E-state index contributed by atoms with van der Waals surface area (Å²) in [5.41, 5.74) is 7.10. The minimum absolute atomic E-state index is 0.0753. The van der Waals surface area contributed by atoms with Gasteiger partial charge in [0.05, 0.1) is 5.56 Å². The van der Waals surface area contributed by atoms with Gasteiger partial charge in [0, 0.05) is 29.3 Å². The quantitative estimate of drug-likeness (QED) is 0.842. The Hall–Kier alpha value is -1.07. The van der Waals surface area contributed by atoms with Crippen molar-refractivity contribution in [3.05, 3.63) is 28.2 Å². The Kier molecular flexibility index (Phi) is 5.05. The number of benzene rings is 1. The lowest BCUT2D eigenvalue weighted by atomic mass is 10.1. The molecule has 0 aromatic heterocycles. The molecule has 1 aromatic rings. The van der Waals surface area contributed by atoms with Crippen LogP contribution in [0.4, 0.5) is 5.69 Å². The van der Waals surface area contributed by atoms with E-state index in [2.05, 4.69) is 34.8 Å². The lowest BCUT2D eigenvalue weighted by Crippen LogP contribution is -2.43. The van der Waals surface area contributed by atoms with Crippen molar-refractivity contribution >= 4 is 27.5 Å². The summed E-state index contributed by atoms with van der Waals surface area (Å²) >= 11 is 3.46. The highest BCUT2D eigenvalue weighted by atomic mass is 79.9. The fourth-order valence-corrected chi connectivity index (χ4v) is 3.14. The molecule has 0 saturated carbocycles. The lowest BCUT2D eigenvalue weighted by Gasteiger charge is -2.30. The van der Waals surface area contributed by atoms with Gasteiger partial charge < -0.3 is 15.5 Å². The first-order valence-corrected chi connectivity index (χ1v) is 7.86. The normalized spacial score (nSPS) is 20.8. The van der Waals surface area contributed by atoms with E-state index >= 15 is 0 Å². The van der Waals surface area contributed by atoms with E-state index in [9.17, 15) is 4.79 Å². The van der Waals surface area contributed by atoms with E-state index in [1.54, 1.807) is 12.1 Å². The molecular formula is C15H22BrN3O. The third-order valence-corrected chi connectivity index (χ3v) is 4.55.